The van der Waals surface area contributed by atoms with Crippen LogP contribution in [-0.4, -0.2) is 24.6 Å². The van der Waals surface area contributed by atoms with Crippen LogP contribution in [0.25, 0.3) is 32.8 Å². The number of aryl methyl sites for hydroxylation is 1. The Balaban J connectivity index is 0.00000169. The Bertz CT molecular complexity index is 1060. The van der Waals surface area contributed by atoms with Crippen molar-refractivity contribution >= 4 is 47.3 Å². The number of halogens is 1. The Morgan fingerprint density at radius 3 is 2.71 bits per heavy atom. The number of phenolic OH excluding ortho intramolecular Hbond substituents is 1. The molecule has 0 aliphatic carbocycles. The molecule has 0 amide bonds. The minimum Gasteiger partial charge on any atom is -1.00 e. The zero-order valence-corrected chi connectivity index (χ0v) is 16.8. The molecule has 0 aliphatic rings. The fourth-order valence-electron chi connectivity index (χ4n) is 2.75. The van der Waals surface area contributed by atoms with Crippen LogP contribution in [0.5, 0.6) is 5.75 Å². The normalized spacial score (nSPS) is 11.2. The summed E-state index contributed by atoms with van der Waals surface area (Å²) in [5, 5.41) is 10.9. The molecule has 120 valence electrons. The van der Waals surface area contributed by atoms with Gasteiger partial charge in [0.1, 0.15) is 0 Å². The summed E-state index contributed by atoms with van der Waals surface area (Å²) in [5.74, 6) is 0.222. The maximum Gasteiger partial charge on any atom is -1.00 e. The molecule has 24 heavy (non-hydrogen) atoms. The molecule has 0 spiro atoms. The molecule has 5 heteroatoms. The standard InChI is InChI=1S/C19H14N2OSe.HI/c1-21-15-6-2-3-7-17(15)23-18(21)11-9-13-8-10-16(22)19-14(13)5-4-12-20-19;/h2-12H,1H3;1H. The monoisotopic (exact) mass is 494 g/mol. The molecule has 0 aliphatic heterocycles. The molecule has 4 rings (SSSR count). The molecule has 0 unspecified atom stereocenters. The van der Waals surface area contributed by atoms with E-state index in [4.69, 9.17) is 0 Å². The van der Waals surface area contributed by atoms with Gasteiger partial charge in [-0.25, -0.2) is 0 Å². The van der Waals surface area contributed by atoms with E-state index < -0.39 is 0 Å². The quantitative estimate of drug-likeness (QED) is 0.246. The number of hydrogen-bond acceptors (Lipinski definition) is 2. The minimum absolute atomic E-state index is 0. The summed E-state index contributed by atoms with van der Waals surface area (Å²) in [6, 6.07) is 16.1. The fraction of sp³-hybridized carbons (Fsp3) is 0.0526. The second kappa shape index (κ2) is 7.05. The van der Waals surface area contributed by atoms with Crippen molar-refractivity contribution in [3.8, 4) is 5.75 Å². The van der Waals surface area contributed by atoms with Crippen molar-refractivity contribution in [1.29, 1.82) is 0 Å². The van der Waals surface area contributed by atoms with Crippen LogP contribution in [0.15, 0.2) is 54.7 Å². The molecular formula is C19H15IN2OSe. The average Bonchev–Trinajstić information content (AvgIpc) is 2.91. The van der Waals surface area contributed by atoms with Crippen LogP contribution in [0.2, 0.25) is 0 Å². The van der Waals surface area contributed by atoms with E-state index >= 15 is 0 Å². The van der Waals surface area contributed by atoms with E-state index in [0.717, 1.165) is 10.9 Å². The van der Waals surface area contributed by atoms with E-state index in [1.807, 2.05) is 18.2 Å². The van der Waals surface area contributed by atoms with Crippen molar-refractivity contribution in [2.75, 3.05) is 0 Å². The van der Waals surface area contributed by atoms with E-state index in [1.54, 1.807) is 12.3 Å². The van der Waals surface area contributed by atoms with E-state index in [-0.39, 0.29) is 29.7 Å². The van der Waals surface area contributed by atoms with Gasteiger partial charge < -0.3 is 24.0 Å². The van der Waals surface area contributed by atoms with Crippen molar-refractivity contribution in [3.05, 3.63) is 64.9 Å². The van der Waals surface area contributed by atoms with E-state index in [0.29, 0.717) is 20.0 Å². The smallest absolute Gasteiger partial charge is 1.00 e. The summed E-state index contributed by atoms with van der Waals surface area (Å²) in [7, 11) is 2.11. The Hall–Kier alpha value is -1.69. The number of aromatic hydroxyl groups is 1. The van der Waals surface area contributed by atoms with Crippen molar-refractivity contribution < 1.29 is 33.7 Å². The number of aromatic nitrogens is 2. The Kier molecular flexibility index (Phi) is 5.04. The predicted octanol–water partition coefficient (Wildman–Crippen LogP) is 0.149. The number of hydrogen-bond donors (Lipinski definition) is 1. The predicted molar refractivity (Wildman–Crippen MR) is 94.4 cm³/mol. The van der Waals surface area contributed by atoms with Gasteiger partial charge in [-0.15, -0.1) is 0 Å². The number of phenols is 1. The summed E-state index contributed by atoms with van der Waals surface area (Å²) < 4.78 is 5.00. The van der Waals surface area contributed by atoms with Gasteiger partial charge in [0.25, 0.3) is 0 Å². The molecule has 0 saturated heterocycles. The molecular weight excluding hydrogens is 478 g/mol. The second-order valence-electron chi connectivity index (χ2n) is 5.37. The van der Waals surface area contributed by atoms with Gasteiger partial charge >= 0.3 is 140 Å². The third-order valence-corrected chi connectivity index (χ3v) is 6.44. The maximum atomic E-state index is 9.94. The topological polar surface area (TPSA) is 37.0 Å². The van der Waals surface area contributed by atoms with Crippen LogP contribution in [0.1, 0.15) is 10.1 Å². The van der Waals surface area contributed by atoms with Gasteiger partial charge in [-0.2, -0.15) is 0 Å². The van der Waals surface area contributed by atoms with Gasteiger partial charge in [0.05, 0.1) is 0 Å². The molecule has 4 aromatic rings. The van der Waals surface area contributed by atoms with Gasteiger partial charge in [0.15, 0.2) is 0 Å². The van der Waals surface area contributed by atoms with Gasteiger partial charge in [-0.05, 0) is 0 Å². The molecule has 0 fully saturated rings. The molecule has 2 aromatic carbocycles. The first kappa shape index (κ1) is 17.1. The molecule has 2 heterocycles. The minimum atomic E-state index is 0. The second-order valence-corrected chi connectivity index (χ2v) is 7.60. The van der Waals surface area contributed by atoms with Crippen LogP contribution in [0.3, 0.4) is 0 Å². The van der Waals surface area contributed by atoms with Crippen LogP contribution in [0.4, 0.5) is 0 Å². The molecule has 2 aromatic heterocycles. The van der Waals surface area contributed by atoms with E-state index in [1.165, 1.54) is 14.3 Å². The molecule has 3 nitrogen and oxygen atoms in total. The summed E-state index contributed by atoms with van der Waals surface area (Å²) in [5.41, 5.74) is 3.01. The first-order valence-corrected chi connectivity index (χ1v) is 9.08. The largest absolute Gasteiger partial charge is 1.00 e. The number of rotatable bonds is 2. The number of nitrogens with zero attached hydrogens (tertiary/aromatic N) is 2. The van der Waals surface area contributed by atoms with Gasteiger partial charge in [-0.3, -0.25) is 0 Å². The first-order chi connectivity index (χ1) is 11.2. The van der Waals surface area contributed by atoms with Gasteiger partial charge in [-0.1, -0.05) is 0 Å². The van der Waals surface area contributed by atoms with Crippen molar-refractivity contribution in [3.63, 3.8) is 0 Å². The SMILES string of the molecule is C[n+]1c(C=Cc2ccc(O)c3ncccc23)[se]c2ccccc21.[I-]. The first-order valence-electron chi connectivity index (χ1n) is 7.36. The molecule has 0 radical (unpaired) electrons. The summed E-state index contributed by atoms with van der Waals surface area (Å²) >= 11 is 0.326. The van der Waals surface area contributed by atoms with Crippen molar-refractivity contribution in [2.24, 2.45) is 7.05 Å². The Morgan fingerprint density at radius 2 is 1.88 bits per heavy atom. The summed E-state index contributed by atoms with van der Waals surface area (Å²) in [6.07, 6.45) is 6.00. The van der Waals surface area contributed by atoms with Crippen LogP contribution in [0, 0.1) is 0 Å². The fourth-order valence-corrected chi connectivity index (χ4v) is 4.96. The van der Waals surface area contributed by atoms with Crippen LogP contribution < -0.4 is 28.5 Å². The Morgan fingerprint density at radius 1 is 1.04 bits per heavy atom. The number of benzene rings is 2. The van der Waals surface area contributed by atoms with Crippen LogP contribution >= 0.6 is 0 Å². The zero-order chi connectivity index (χ0) is 15.8. The van der Waals surface area contributed by atoms with Crippen molar-refractivity contribution in [2.45, 2.75) is 0 Å². The molecule has 0 atom stereocenters. The molecule has 1 N–H and O–H groups in total. The van der Waals surface area contributed by atoms with E-state index in [2.05, 4.69) is 53.0 Å². The molecule has 0 saturated carbocycles. The van der Waals surface area contributed by atoms with Crippen molar-refractivity contribution in [1.82, 2.24) is 4.98 Å². The van der Waals surface area contributed by atoms with Crippen LogP contribution in [-0.2, 0) is 7.05 Å². The summed E-state index contributed by atoms with van der Waals surface area (Å²) in [6.45, 7) is 0. The van der Waals surface area contributed by atoms with Gasteiger partial charge in [0, 0.05) is 0 Å². The number of para-hydroxylation sites is 1. The average molecular weight is 493 g/mol. The maximum absolute atomic E-state index is 9.94. The summed E-state index contributed by atoms with van der Waals surface area (Å²) in [4.78, 5) is 4.27. The van der Waals surface area contributed by atoms with Gasteiger partial charge in [0.2, 0.25) is 0 Å². The zero-order valence-electron chi connectivity index (χ0n) is 13.0. The Labute approximate surface area is 163 Å². The third-order valence-electron chi connectivity index (χ3n) is 3.96. The number of fused-ring (bicyclic) bond motifs is 2. The van der Waals surface area contributed by atoms with E-state index in [9.17, 15) is 5.11 Å². The molecule has 0 bridgehead atoms. The number of pyridine rings is 1. The third kappa shape index (κ3) is 2.99.